The number of amides is 1. The summed E-state index contributed by atoms with van der Waals surface area (Å²) in [5.41, 5.74) is 7.01. The van der Waals surface area contributed by atoms with Crippen LogP contribution >= 0.6 is 0 Å². The first kappa shape index (κ1) is 23.1. The van der Waals surface area contributed by atoms with Crippen LogP contribution < -0.4 is 15.5 Å². The quantitative estimate of drug-likeness (QED) is 0.274. The number of aryl methyl sites for hydroxylation is 2. The highest BCUT2D eigenvalue weighted by Gasteiger charge is 2.12. The molecule has 3 N–H and O–H groups in total. The van der Waals surface area contributed by atoms with Crippen molar-refractivity contribution in [2.75, 3.05) is 30.9 Å². The molecule has 1 aromatic heterocycles. The third-order valence-corrected chi connectivity index (χ3v) is 5.83. The van der Waals surface area contributed by atoms with Gasteiger partial charge in [-0.05, 0) is 67.3 Å². The number of anilines is 2. The van der Waals surface area contributed by atoms with Gasteiger partial charge in [0.25, 0.3) is 5.91 Å². The molecule has 0 saturated carbocycles. The van der Waals surface area contributed by atoms with Crippen molar-refractivity contribution in [1.29, 1.82) is 0 Å². The van der Waals surface area contributed by atoms with E-state index in [1.54, 1.807) is 0 Å². The van der Waals surface area contributed by atoms with Crippen molar-refractivity contribution in [3.05, 3.63) is 95.2 Å². The number of hydrogen-bond acceptors (Lipinski definition) is 3. The number of rotatable bonds is 6. The molecule has 1 heterocycles. The zero-order valence-electron chi connectivity index (χ0n) is 20.1. The van der Waals surface area contributed by atoms with Gasteiger partial charge in [0.2, 0.25) is 5.96 Å². The molecule has 1 amide bonds. The minimum atomic E-state index is -0.202. The van der Waals surface area contributed by atoms with E-state index in [1.165, 1.54) is 10.9 Å². The number of fused-ring (bicyclic) bond motifs is 1. The van der Waals surface area contributed by atoms with Gasteiger partial charge in [0.1, 0.15) is 0 Å². The van der Waals surface area contributed by atoms with Gasteiger partial charge in [0.05, 0.1) is 0 Å². The standard InChI is InChI=1S/C28H31N5O/c1-19-12-13-20(2)26(16-19)31-28(32-27(34)21-8-7-9-23(17-21)33(3)4)29-15-14-22-18-30-25-11-6-5-10-24(22)25/h5-13,16-18,30H,14-15H2,1-4H3,(H2,29,31,32,34). The lowest BCUT2D eigenvalue weighted by Crippen LogP contribution is -2.36. The number of nitrogens with one attached hydrogen (secondary N) is 3. The summed E-state index contributed by atoms with van der Waals surface area (Å²) < 4.78 is 0. The van der Waals surface area contributed by atoms with Gasteiger partial charge in [-0.1, -0.05) is 36.4 Å². The monoisotopic (exact) mass is 453 g/mol. The Balaban J connectivity index is 1.56. The summed E-state index contributed by atoms with van der Waals surface area (Å²) in [5.74, 6) is 0.237. The second-order valence-corrected chi connectivity index (χ2v) is 8.68. The highest BCUT2D eigenvalue weighted by molar-refractivity contribution is 6.10. The molecule has 34 heavy (non-hydrogen) atoms. The number of H-pyrrole nitrogens is 1. The molecule has 6 heteroatoms. The summed E-state index contributed by atoms with van der Waals surface area (Å²) in [4.78, 5) is 23.1. The molecule has 4 aromatic rings. The van der Waals surface area contributed by atoms with Gasteiger partial charge in [-0.15, -0.1) is 0 Å². The Bertz CT molecular complexity index is 1340. The fourth-order valence-corrected chi connectivity index (χ4v) is 3.84. The normalized spacial score (nSPS) is 11.5. The van der Waals surface area contributed by atoms with Crippen LogP contribution in [-0.2, 0) is 6.42 Å². The van der Waals surface area contributed by atoms with Crippen LogP contribution in [0.5, 0.6) is 0 Å². The van der Waals surface area contributed by atoms with Gasteiger partial charge >= 0.3 is 0 Å². The van der Waals surface area contributed by atoms with Gasteiger partial charge in [0, 0.05) is 54.7 Å². The Labute approximate surface area is 200 Å². The third kappa shape index (κ3) is 5.46. The number of carbonyl (C=O) groups excluding carboxylic acids is 1. The molecule has 0 bridgehead atoms. The van der Waals surface area contributed by atoms with Crippen molar-refractivity contribution < 1.29 is 4.79 Å². The zero-order valence-corrected chi connectivity index (χ0v) is 20.1. The molecule has 0 radical (unpaired) electrons. The summed E-state index contributed by atoms with van der Waals surface area (Å²) in [7, 11) is 3.91. The number of nitrogens with zero attached hydrogens (tertiary/aromatic N) is 2. The van der Waals surface area contributed by atoms with Crippen LogP contribution in [0.15, 0.2) is 77.9 Å². The number of hydrogen-bond donors (Lipinski definition) is 3. The number of aliphatic imine (C=N–C) groups is 1. The van der Waals surface area contributed by atoms with Gasteiger partial charge in [-0.2, -0.15) is 0 Å². The number of aromatic amines is 1. The third-order valence-electron chi connectivity index (χ3n) is 5.83. The SMILES string of the molecule is Cc1ccc(C)c(NC(=NCCc2c[nH]c3ccccc23)NC(=O)c2cccc(N(C)C)c2)c1. The van der Waals surface area contributed by atoms with E-state index in [0.29, 0.717) is 18.1 Å². The molecular formula is C28H31N5O. The largest absolute Gasteiger partial charge is 0.378 e. The van der Waals surface area contributed by atoms with E-state index in [4.69, 9.17) is 4.99 Å². The van der Waals surface area contributed by atoms with E-state index < -0.39 is 0 Å². The molecule has 0 spiro atoms. The summed E-state index contributed by atoms with van der Waals surface area (Å²) in [6.45, 7) is 4.62. The molecule has 0 aliphatic carbocycles. The predicted octanol–water partition coefficient (Wildman–Crippen LogP) is 5.29. The fraction of sp³-hybridized carbons (Fsp3) is 0.214. The molecule has 0 unspecified atom stereocenters. The Morgan fingerprint density at radius 2 is 1.82 bits per heavy atom. The van der Waals surface area contributed by atoms with E-state index in [1.807, 2.05) is 75.4 Å². The molecule has 0 aliphatic heterocycles. The highest BCUT2D eigenvalue weighted by Crippen LogP contribution is 2.19. The number of guanidine groups is 1. The fourth-order valence-electron chi connectivity index (χ4n) is 3.84. The first-order valence-electron chi connectivity index (χ1n) is 11.4. The van der Waals surface area contributed by atoms with Crippen molar-refractivity contribution in [2.24, 2.45) is 4.99 Å². The number of aromatic nitrogens is 1. The summed E-state index contributed by atoms with van der Waals surface area (Å²) in [6.07, 6.45) is 2.79. The van der Waals surface area contributed by atoms with E-state index in [-0.39, 0.29) is 5.91 Å². The lowest BCUT2D eigenvalue weighted by molar-refractivity contribution is 0.0977. The van der Waals surface area contributed by atoms with Crippen molar-refractivity contribution in [3.8, 4) is 0 Å². The maximum atomic E-state index is 13.1. The Morgan fingerprint density at radius 1 is 1.00 bits per heavy atom. The average Bonchev–Trinajstić information content (AvgIpc) is 3.24. The molecule has 6 nitrogen and oxygen atoms in total. The number of para-hydroxylation sites is 1. The van der Waals surface area contributed by atoms with Crippen LogP contribution in [0, 0.1) is 13.8 Å². The van der Waals surface area contributed by atoms with E-state index in [9.17, 15) is 4.79 Å². The van der Waals surface area contributed by atoms with Gasteiger partial charge in [-0.25, -0.2) is 0 Å². The smallest absolute Gasteiger partial charge is 0.258 e. The molecular weight excluding hydrogens is 422 g/mol. The number of carbonyl (C=O) groups is 1. The van der Waals surface area contributed by atoms with Crippen molar-refractivity contribution in [1.82, 2.24) is 10.3 Å². The van der Waals surface area contributed by atoms with Crippen LogP contribution in [0.4, 0.5) is 11.4 Å². The predicted molar refractivity (Wildman–Crippen MR) is 142 cm³/mol. The summed E-state index contributed by atoms with van der Waals surface area (Å²) in [5, 5.41) is 7.53. The molecule has 174 valence electrons. The number of benzene rings is 3. The van der Waals surface area contributed by atoms with Crippen molar-refractivity contribution in [2.45, 2.75) is 20.3 Å². The van der Waals surface area contributed by atoms with Crippen molar-refractivity contribution >= 4 is 34.1 Å². The lowest BCUT2D eigenvalue weighted by atomic mass is 10.1. The lowest BCUT2D eigenvalue weighted by Gasteiger charge is -2.16. The van der Waals surface area contributed by atoms with Gasteiger partial charge in [0.15, 0.2) is 0 Å². The molecule has 4 rings (SSSR count). The van der Waals surface area contributed by atoms with E-state index in [2.05, 4.69) is 45.9 Å². The molecule has 0 aliphatic rings. The molecule has 0 fully saturated rings. The van der Waals surface area contributed by atoms with E-state index >= 15 is 0 Å². The average molecular weight is 454 g/mol. The molecule has 3 aromatic carbocycles. The maximum absolute atomic E-state index is 13.1. The Morgan fingerprint density at radius 3 is 2.65 bits per heavy atom. The first-order chi connectivity index (χ1) is 16.4. The molecule has 0 saturated heterocycles. The Kier molecular flexibility index (Phi) is 6.97. The summed E-state index contributed by atoms with van der Waals surface area (Å²) >= 11 is 0. The van der Waals surface area contributed by atoms with Crippen LogP contribution in [0.25, 0.3) is 10.9 Å². The van der Waals surface area contributed by atoms with Crippen LogP contribution in [-0.4, -0.2) is 37.5 Å². The second-order valence-electron chi connectivity index (χ2n) is 8.68. The minimum Gasteiger partial charge on any atom is -0.378 e. The van der Waals surface area contributed by atoms with Crippen LogP contribution in [0.1, 0.15) is 27.0 Å². The van der Waals surface area contributed by atoms with Gasteiger partial charge < -0.3 is 15.2 Å². The zero-order chi connectivity index (χ0) is 24.1. The maximum Gasteiger partial charge on any atom is 0.258 e. The van der Waals surface area contributed by atoms with E-state index in [0.717, 1.165) is 34.4 Å². The topological polar surface area (TPSA) is 72.5 Å². The Hall–Kier alpha value is -4.06. The second kappa shape index (κ2) is 10.3. The van der Waals surface area contributed by atoms with Crippen LogP contribution in [0.2, 0.25) is 0 Å². The van der Waals surface area contributed by atoms with Gasteiger partial charge in [-0.3, -0.25) is 15.1 Å². The summed E-state index contributed by atoms with van der Waals surface area (Å²) in [6, 6.07) is 22.0. The first-order valence-corrected chi connectivity index (χ1v) is 11.4. The molecule has 0 atom stereocenters. The highest BCUT2D eigenvalue weighted by atomic mass is 16.1. The van der Waals surface area contributed by atoms with Crippen LogP contribution in [0.3, 0.4) is 0 Å². The van der Waals surface area contributed by atoms with Crippen molar-refractivity contribution in [3.63, 3.8) is 0 Å². The minimum absolute atomic E-state index is 0.202.